The lowest BCUT2D eigenvalue weighted by atomic mass is 9.94. The fourth-order valence-corrected chi connectivity index (χ4v) is 4.23. The lowest BCUT2D eigenvalue weighted by molar-refractivity contribution is -0.130. The molecule has 2 fully saturated rings. The quantitative estimate of drug-likeness (QED) is 0.796. The van der Waals surface area contributed by atoms with Gasteiger partial charge in [0.2, 0.25) is 5.91 Å². The van der Waals surface area contributed by atoms with Gasteiger partial charge in [0, 0.05) is 30.4 Å². The molecular formula is C22H33N3O2. The van der Waals surface area contributed by atoms with Gasteiger partial charge >= 0.3 is 0 Å². The minimum Gasteiger partial charge on any atom is -0.376 e. The molecule has 2 aliphatic rings. The van der Waals surface area contributed by atoms with Crippen molar-refractivity contribution in [2.45, 2.75) is 76.3 Å². The Hall–Kier alpha value is -2.04. The van der Waals surface area contributed by atoms with Gasteiger partial charge in [0.15, 0.2) is 0 Å². The Morgan fingerprint density at radius 3 is 2.15 bits per heavy atom. The summed E-state index contributed by atoms with van der Waals surface area (Å²) in [4.78, 5) is 26.7. The minimum atomic E-state index is 0.00144. The molecule has 2 amide bonds. The Kier molecular flexibility index (Phi) is 7.13. The maximum Gasteiger partial charge on any atom is 0.251 e. The Bertz CT molecular complexity index is 617. The minimum absolute atomic E-state index is 0.00144. The van der Waals surface area contributed by atoms with Gasteiger partial charge in [-0.1, -0.05) is 38.5 Å². The molecule has 5 heteroatoms. The number of nitrogens with one attached hydrogen (secondary N) is 2. The summed E-state index contributed by atoms with van der Waals surface area (Å²) in [6.45, 7) is 0.292. The molecule has 0 aromatic heterocycles. The summed E-state index contributed by atoms with van der Waals surface area (Å²) in [7, 11) is 1.92. The van der Waals surface area contributed by atoms with Gasteiger partial charge in [-0.25, -0.2) is 0 Å². The first-order valence-electron chi connectivity index (χ1n) is 10.5. The van der Waals surface area contributed by atoms with Crippen molar-refractivity contribution in [3.05, 3.63) is 29.8 Å². The second-order valence-electron chi connectivity index (χ2n) is 8.04. The number of carbonyl (C=O) groups is 2. The van der Waals surface area contributed by atoms with E-state index < -0.39 is 0 Å². The molecule has 2 N–H and O–H groups in total. The number of carbonyl (C=O) groups excluding carboxylic acids is 2. The fraction of sp³-hybridized carbons (Fsp3) is 0.636. The van der Waals surface area contributed by atoms with Crippen LogP contribution in [0.4, 0.5) is 5.69 Å². The largest absolute Gasteiger partial charge is 0.376 e. The van der Waals surface area contributed by atoms with Gasteiger partial charge in [-0.2, -0.15) is 0 Å². The average molecular weight is 372 g/mol. The number of hydrogen-bond acceptors (Lipinski definition) is 3. The van der Waals surface area contributed by atoms with Gasteiger partial charge in [-0.05, 0) is 49.9 Å². The Morgan fingerprint density at radius 1 is 0.926 bits per heavy atom. The van der Waals surface area contributed by atoms with Crippen molar-refractivity contribution < 1.29 is 9.59 Å². The van der Waals surface area contributed by atoms with Crippen LogP contribution in [0.1, 0.15) is 74.6 Å². The molecular weight excluding hydrogens is 338 g/mol. The summed E-state index contributed by atoms with van der Waals surface area (Å²) < 4.78 is 0. The van der Waals surface area contributed by atoms with Crippen LogP contribution in [0.15, 0.2) is 24.3 Å². The van der Waals surface area contributed by atoms with Gasteiger partial charge < -0.3 is 15.5 Å². The highest BCUT2D eigenvalue weighted by molar-refractivity contribution is 5.94. The number of rotatable bonds is 6. The summed E-state index contributed by atoms with van der Waals surface area (Å²) >= 11 is 0. The van der Waals surface area contributed by atoms with Crippen molar-refractivity contribution in [3.8, 4) is 0 Å². The van der Waals surface area contributed by atoms with Crippen LogP contribution in [0.25, 0.3) is 0 Å². The first-order valence-corrected chi connectivity index (χ1v) is 10.5. The van der Waals surface area contributed by atoms with Gasteiger partial charge in [-0.3, -0.25) is 9.59 Å². The maximum absolute atomic E-state index is 12.4. The number of amides is 2. The monoisotopic (exact) mass is 371 g/mol. The number of anilines is 1. The van der Waals surface area contributed by atoms with Crippen LogP contribution in [0.2, 0.25) is 0 Å². The normalized spacial score (nSPS) is 18.7. The lowest BCUT2D eigenvalue weighted by Gasteiger charge is -2.31. The molecule has 0 aliphatic heterocycles. The van der Waals surface area contributed by atoms with Crippen LogP contribution in [-0.2, 0) is 4.79 Å². The molecule has 0 heterocycles. The standard InChI is InChI=1S/C22H33N3O2/c1-25(20-10-6-3-7-11-20)21(26)16-23-18-14-12-17(13-15-18)22(27)24-19-8-4-2-5-9-19/h12-15,19-20,23H,2-11,16H2,1H3,(H,24,27). The zero-order chi connectivity index (χ0) is 19.1. The molecule has 0 spiro atoms. The van der Waals surface area contributed by atoms with E-state index in [1.54, 1.807) is 0 Å². The molecule has 3 rings (SSSR count). The van der Waals surface area contributed by atoms with E-state index in [1.165, 1.54) is 38.5 Å². The summed E-state index contributed by atoms with van der Waals surface area (Å²) in [5, 5.41) is 6.33. The third-order valence-corrected chi connectivity index (χ3v) is 6.05. The molecule has 0 saturated heterocycles. The molecule has 0 radical (unpaired) electrons. The van der Waals surface area contributed by atoms with Crippen LogP contribution in [0, 0.1) is 0 Å². The van der Waals surface area contributed by atoms with Crippen LogP contribution in [-0.4, -0.2) is 42.4 Å². The van der Waals surface area contributed by atoms with E-state index in [-0.39, 0.29) is 11.8 Å². The number of benzene rings is 1. The third kappa shape index (κ3) is 5.72. The highest BCUT2D eigenvalue weighted by atomic mass is 16.2. The molecule has 1 aromatic rings. The fourth-order valence-electron chi connectivity index (χ4n) is 4.23. The molecule has 2 aliphatic carbocycles. The number of likely N-dealkylation sites (N-methyl/N-ethyl adjacent to an activating group) is 1. The van der Waals surface area contributed by atoms with Gasteiger partial charge in [-0.15, -0.1) is 0 Å². The lowest BCUT2D eigenvalue weighted by Crippen LogP contribution is -2.41. The SMILES string of the molecule is CN(C(=O)CNc1ccc(C(=O)NC2CCCCC2)cc1)C1CCCCC1. The topological polar surface area (TPSA) is 61.4 Å². The number of hydrogen-bond donors (Lipinski definition) is 2. The predicted molar refractivity (Wildman–Crippen MR) is 109 cm³/mol. The van der Waals surface area contributed by atoms with Crippen molar-refractivity contribution in [2.24, 2.45) is 0 Å². The van der Waals surface area contributed by atoms with Crippen LogP contribution >= 0.6 is 0 Å². The molecule has 5 nitrogen and oxygen atoms in total. The second kappa shape index (κ2) is 9.77. The van der Waals surface area contributed by atoms with E-state index in [4.69, 9.17) is 0 Å². The van der Waals surface area contributed by atoms with Crippen molar-refractivity contribution in [3.63, 3.8) is 0 Å². The highest BCUT2D eigenvalue weighted by Gasteiger charge is 2.21. The second-order valence-corrected chi connectivity index (χ2v) is 8.04. The summed E-state index contributed by atoms with van der Waals surface area (Å²) in [5.41, 5.74) is 1.55. The highest BCUT2D eigenvalue weighted by Crippen LogP contribution is 2.22. The molecule has 0 atom stereocenters. The predicted octanol–water partition coefficient (Wildman–Crippen LogP) is 3.95. The molecule has 1 aromatic carbocycles. The summed E-state index contributed by atoms with van der Waals surface area (Å²) in [6.07, 6.45) is 11.8. The van der Waals surface area contributed by atoms with E-state index >= 15 is 0 Å². The Balaban J connectivity index is 1.45. The van der Waals surface area contributed by atoms with E-state index in [0.29, 0.717) is 24.2 Å². The van der Waals surface area contributed by atoms with Crippen molar-refractivity contribution in [1.29, 1.82) is 0 Å². The molecule has 2 saturated carbocycles. The smallest absolute Gasteiger partial charge is 0.251 e. The zero-order valence-corrected chi connectivity index (χ0v) is 16.5. The number of nitrogens with zero attached hydrogens (tertiary/aromatic N) is 1. The van der Waals surface area contributed by atoms with Crippen LogP contribution < -0.4 is 10.6 Å². The maximum atomic E-state index is 12.4. The van der Waals surface area contributed by atoms with E-state index in [2.05, 4.69) is 10.6 Å². The van der Waals surface area contributed by atoms with Crippen LogP contribution in [0.5, 0.6) is 0 Å². The molecule has 148 valence electrons. The van der Waals surface area contributed by atoms with Gasteiger partial charge in [0.25, 0.3) is 5.91 Å². The van der Waals surface area contributed by atoms with Crippen molar-refractivity contribution in [2.75, 3.05) is 18.9 Å². The van der Waals surface area contributed by atoms with Crippen LogP contribution in [0.3, 0.4) is 0 Å². The third-order valence-electron chi connectivity index (χ3n) is 6.05. The first-order chi connectivity index (χ1) is 13.1. The zero-order valence-electron chi connectivity index (χ0n) is 16.5. The Labute approximate surface area is 162 Å². The van der Waals surface area contributed by atoms with Crippen molar-refractivity contribution in [1.82, 2.24) is 10.2 Å². The summed E-state index contributed by atoms with van der Waals surface area (Å²) in [6, 6.07) is 8.12. The van der Waals surface area contributed by atoms with E-state index in [1.807, 2.05) is 36.2 Å². The van der Waals surface area contributed by atoms with Crippen molar-refractivity contribution >= 4 is 17.5 Å². The molecule has 27 heavy (non-hydrogen) atoms. The Morgan fingerprint density at radius 2 is 1.52 bits per heavy atom. The van der Waals surface area contributed by atoms with E-state index in [9.17, 15) is 9.59 Å². The first kappa shape index (κ1) is 19.7. The van der Waals surface area contributed by atoms with E-state index in [0.717, 1.165) is 31.4 Å². The summed E-state index contributed by atoms with van der Waals surface area (Å²) in [5.74, 6) is 0.127. The average Bonchev–Trinajstić information content (AvgIpc) is 2.73. The molecule has 0 unspecified atom stereocenters. The van der Waals surface area contributed by atoms with Gasteiger partial charge in [0.1, 0.15) is 0 Å². The van der Waals surface area contributed by atoms with Gasteiger partial charge in [0.05, 0.1) is 6.54 Å². The molecule has 0 bridgehead atoms.